The number of carbonyl (C=O) groups is 1. The van der Waals surface area contributed by atoms with Gasteiger partial charge in [-0.3, -0.25) is 4.79 Å². The molecule has 1 saturated heterocycles. The van der Waals surface area contributed by atoms with E-state index in [9.17, 15) is 9.90 Å². The molecule has 2 aromatic rings. The van der Waals surface area contributed by atoms with Crippen molar-refractivity contribution in [3.05, 3.63) is 52.0 Å². The number of aliphatic hydroxyl groups is 1. The Labute approximate surface area is 171 Å². The molecule has 6 nitrogen and oxygen atoms in total. The summed E-state index contributed by atoms with van der Waals surface area (Å²) in [6, 6.07) is 9.87. The number of hydrogen-bond donors (Lipinski definition) is 2. The van der Waals surface area contributed by atoms with Gasteiger partial charge in [0.05, 0.1) is 12.6 Å². The Kier molecular flexibility index (Phi) is 6.82. The summed E-state index contributed by atoms with van der Waals surface area (Å²) in [4.78, 5) is 21.4. The van der Waals surface area contributed by atoms with Crippen LogP contribution in [0, 0.1) is 5.41 Å². The van der Waals surface area contributed by atoms with Crippen LogP contribution in [0.5, 0.6) is 0 Å². The maximum absolute atomic E-state index is 12.9. The highest BCUT2D eigenvalue weighted by molar-refractivity contribution is 7.09. The third-order valence-electron chi connectivity index (χ3n) is 5.46. The van der Waals surface area contributed by atoms with E-state index in [0.29, 0.717) is 25.2 Å². The van der Waals surface area contributed by atoms with Gasteiger partial charge >= 0.3 is 0 Å². The zero-order chi connectivity index (χ0) is 20.1. The van der Waals surface area contributed by atoms with Crippen molar-refractivity contribution in [2.45, 2.75) is 25.3 Å². The maximum atomic E-state index is 12.9. The molecule has 0 aliphatic carbocycles. The minimum absolute atomic E-state index is 0.0363. The number of thiazole rings is 1. The van der Waals surface area contributed by atoms with Crippen LogP contribution in [0.25, 0.3) is 0 Å². The first-order valence-corrected chi connectivity index (χ1v) is 10.6. The predicted molar refractivity (Wildman–Crippen MR) is 112 cm³/mol. The van der Waals surface area contributed by atoms with Gasteiger partial charge < -0.3 is 20.6 Å². The van der Waals surface area contributed by atoms with Gasteiger partial charge in [0.1, 0.15) is 10.7 Å². The number of carbonyl (C=O) groups excluding carboxylic acids is 1. The molecule has 1 aromatic heterocycles. The number of nitrogens with zero attached hydrogens (tertiary/aromatic N) is 3. The van der Waals surface area contributed by atoms with E-state index in [4.69, 9.17) is 5.73 Å². The van der Waals surface area contributed by atoms with Crippen LogP contribution >= 0.6 is 11.3 Å². The molecule has 0 unspecified atom stereocenters. The molecule has 7 heteroatoms. The molecule has 0 spiro atoms. The van der Waals surface area contributed by atoms with Crippen LogP contribution in [-0.2, 0) is 6.42 Å². The van der Waals surface area contributed by atoms with E-state index in [1.807, 2.05) is 42.6 Å². The predicted octanol–water partition coefficient (Wildman–Crippen LogP) is 2.16. The van der Waals surface area contributed by atoms with Crippen molar-refractivity contribution in [3.63, 3.8) is 0 Å². The van der Waals surface area contributed by atoms with E-state index in [1.165, 1.54) is 11.3 Å². The van der Waals surface area contributed by atoms with Crippen LogP contribution in [0.2, 0.25) is 0 Å². The molecule has 1 fully saturated rings. The smallest absolute Gasteiger partial charge is 0.273 e. The molecular weight excluding hydrogens is 372 g/mol. The van der Waals surface area contributed by atoms with Crippen molar-refractivity contribution >= 4 is 17.2 Å². The van der Waals surface area contributed by atoms with E-state index in [1.54, 1.807) is 0 Å². The molecule has 3 N–H and O–H groups in total. The van der Waals surface area contributed by atoms with Gasteiger partial charge in [-0.1, -0.05) is 30.3 Å². The lowest BCUT2D eigenvalue weighted by Crippen LogP contribution is -2.48. The first kappa shape index (κ1) is 20.9. The molecule has 0 radical (unpaired) electrons. The zero-order valence-corrected chi connectivity index (χ0v) is 17.5. The van der Waals surface area contributed by atoms with Gasteiger partial charge in [-0.15, -0.1) is 11.3 Å². The monoisotopic (exact) mass is 402 g/mol. The molecule has 1 aliphatic heterocycles. The molecule has 28 heavy (non-hydrogen) atoms. The van der Waals surface area contributed by atoms with Crippen molar-refractivity contribution in [2.24, 2.45) is 11.1 Å². The van der Waals surface area contributed by atoms with E-state index in [0.717, 1.165) is 30.0 Å². The molecule has 0 bridgehead atoms. The Morgan fingerprint density at radius 1 is 1.32 bits per heavy atom. The average Bonchev–Trinajstić information content (AvgIpc) is 3.19. The Bertz CT molecular complexity index is 770. The van der Waals surface area contributed by atoms with Gasteiger partial charge in [-0.2, -0.15) is 0 Å². The van der Waals surface area contributed by atoms with Crippen molar-refractivity contribution in [1.29, 1.82) is 0 Å². The van der Waals surface area contributed by atoms with Crippen LogP contribution in [0.4, 0.5) is 0 Å². The Morgan fingerprint density at radius 3 is 2.61 bits per heavy atom. The second-order valence-corrected chi connectivity index (χ2v) is 8.94. The topological polar surface area (TPSA) is 82.7 Å². The maximum Gasteiger partial charge on any atom is 0.273 e. The SMILES string of the molecule is CN(C)CC1(CO)CCN(C(=O)c2csc([C@@H](N)Cc3ccccc3)n2)CC1. The molecule has 1 atom stereocenters. The number of piperidine rings is 1. The molecule has 1 amide bonds. The number of benzene rings is 1. The van der Waals surface area contributed by atoms with E-state index in [-0.39, 0.29) is 24.0 Å². The number of aliphatic hydroxyl groups excluding tert-OH is 1. The van der Waals surface area contributed by atoms with Crippen LogP contribution in [-0.4, -0.2) is 66.1 Å². The summed E-state index contributed by atoms with van der Waals surface area (Å²) in [5.41, 5.74) is 7.83. The van der Waals surface area contributed by atoms with Gasteiger partial charge in [-0.25, -0.2) is 4.98 Å². The van der Waals surface area contributed by atoms with E-state index in [2.05, 4.69) is 22.0 Å². The molecule has 1 aliphatic rings. The molecule has 2 heterocycles. The van der Waals surface area contributed by atoms with Gasteiger partial charge in [0.2, 0.25) is 0 Å². The Morgan fingerprint density at radius 2 is 2.00 bits per heavy atom. The van der Waals surface area contributed by atoms with Crippen LogP contribution in [0.3, 0.4) is 0 Å². The van der Waals surface area contributed by atoms with Gasteiger partial charge in [0.15, 0.2) is 0 Å². The van der Waals surface area contributed by atoms with Gasteiger partial charge in [0.25, 0.3) is 5.91 Å². The van der Waals surface area contributed by atoms with Crippen LogP contribution in [0.1, 0.15) is 39.9 Å². The largest absolute Gasteiger partial charge is 0.396 e. The second-order valence-electron chi connectivity index (χ2n) is 8.06. The minimum Gasteiger partial charge on any atom is -0.396 e. The third-order valence-corrected chi connectivity index (χ3v) is 6.43. The van der Waals surface area contributed by atoms with Crippen LogP contribution in [0.15, 0.2) is 35.7 Å². The number of amides is 1. The zero-order valence-electron chi connectivity index (χ0n) is 16.7. The summed E-state index contributed by atoms with van der Waals surface area (Å²) in [7, 11) is 4.04. The summed E-state index contributed by atoms with van der Waals surface area (Å²) < 4.78 is 0. The number of hydrogen-bond acceptors (Lipinski definition) is 6. The number of rotatable bonds is 7. The van der Waals surface area contributed by atoms with Crippen molar-refractivity contribution in [3.8, 4) is 0 Å². The van der Waals surface area contributed by atoms with Crippen LogP contribution < -0.4 is 5.73 Å². The van der Waals surface area contributed by atoms with E-state index < -0.39 is 0 Å². The lowest BCUT2D eigenvalue weighted by atomic mass is 9.78. The second kappa shape index (κ2) is 9.13. The lowest BCUT2D eigenvalue weighted by Gasteiger charge is -2.42. The van der Waals surface area contributed by atoms with Crippen molar-refractivity contribution in [2.75, 3.05) is 40.3 Å². The number of likely N-dealkylation sites (tertiary alicyclic amines) is 1. The Hall–Kier alpha value is -1.80. The number of nitrogens with two attached hydrogens (primary N) is 1. The Balaban J connectivity index is 1.60. The summed E-state index contributed by atoms with van der Waals surface area (Å²) in [5, 5.41) is 12.5. The fourth-order valence-electron chi connectivity index (χ4n) is 3.89. The van der Waals surface area contributed by atoms with Crippen molar-refractivity contribution in [1.82, 2.24) is 14.8 Å². The quantitative estimate of drug-likeness (QED) is 0.742. The fourth-order valence-corrected chi connectivity index (χ4v) is 4.69. The fraction of sp³-hybridized carbons (Fsp3) is 0.524. The molecular formula is C21H30N4O2S. The highest BCUT2D eigenvalue weighted by atomic mass is 32.1. The summed E-state index contributed by atoms with van der Waals surface area (Å²) in [6.07, 6.45) is 2.31. The van der Waals surface area contributed by atoms with E-state index >= 15 is 0 Å². The summed E-state index contributed by atoms with van der Waals surface area (Å²) >= 11 is 1.45. The lowest BCUT2D eigenvalue weighted by molar-refractivity contribution is 0.0220. The summed E-state index contributed by atoms with van der Waals surface area (Å²) in [5.74, 6) is -0.0363. The van der Waals surface area contributed by atoms with Gasteiger partial charge in [-0.05, 0) is 38.9 Å². The standard InChI is InChI=1S/C21H30N4O2S/c1-24(2)14-21(15-26)8-10-25(11-9-21)20(27)18-13-28-19(23-18)17(22)12-16-6-4-3-5-7-16/h3-7,13,17,26H,8-12,14-15,22H2,1-2H3/t17-/m0/s1. The molecule has 3 rings (SSSR count). The van der Waals surface area contributed by atoms with Gasteiger partial charge in [0, 0.05) is 30.4 Å². The molecule has 0 saturated carbocycles. The first-order valence-electron chi connectivity index (χ1n) is 9.72. The first-order chi connectivity index (χ1) is 13.4. The molecule has 1 aromatic carbocycles. The highest BCUT2D eigenvalue weighted by Crippen LogP contribution is 2.32. The minimum atomic E-state index is -0.211. The summed E-state index contributed by atoms with van der Waals surface area (Å²) in [6.45, 7) is 2.29. The average molecular weight is 403 g/mol. The normalized spacial score (nSPS) is 17.7. The third kappa shape index (κ3) is 4.97. The number of aromatic nitrogens is 1. The van der Waals surface area contributed by atoms with Crippen molar-refractivity contribution < 1.29 is 9.90 Å². The molecule has 152 valence electrons. The highest BCUT2D eigenvalue weighted by Gasteiger charge is 2.36.